The molecule has 0 aromatic heterocycles. The summed E-state index contributed by atoms with van der Waals surface area (Å²) in [5, 5.41) is 3.19. The third-order valence-electron chi connectivity index (χ3n) is 4.95. The summed E-state index contributed by atoms with van der Waals surface area (Å²) in [5.74, 6) is 0.484. The lowest BCUT2D eigenvalue weighted by Crippen LogP contribution is -2.48. The second kappa shape index (κ2) is 8.51. The predicted octanol–water partition coefficient (Wildman–Crippen LogP) is 1.96. The van der Waals surface area contributed by atoms with Gasteiger partial charge >= 0.3 is 5.97 Å². The topological polar surface area (TPSA) is 58.6 Å². The fourth-order valence-electron chi connectivity index (χ4n) is 3.64. The highest BCUT2D eigenvalue weighted by Crippen LogP contribution is 2.24. The first-order chi connectivity index (χ1) is 10.6. The summed E-state index contributed by atoms with van der Waals surface area (Å²) in [6, 6.07) is 0.326. The van der Waals surface area contributed by atoms with Crippen LogP contribution in [0.15, 0.2) is 0 Å². The molecule has 0 spiro atoms. The molecule has 1 aliphatic carbocycles. The van der Waals surface area contributed by atoms with E-state index in [-0.39, 0.29) is 17.8 Å². The number of likely N-dealkylation sites (tertiary alicyclic amines) is 1. The molecule has 3 atom stereocenters. The molecule has 5 heteroatoms. The number of rotatable bonds is 5. The van der Waals surface area contributed by atoms with Gasteiger partial charge in [-0.15, -0.1) is 0 Å². The molecule has 0 aromatic rings. The Kier molecular flexibility index (Phi) is 6.68. The highest BCUT2D eigenvalue weighted by atomic mass is 16.5. The Labute approximate surface area is 133 Å². The highest BCUT2D eigenvalue weighted by Gasteiger charge is 2.29. The number of carbonyl (C=O) groups excluding carboxylic acids is 2. The molecule has 1 heterocycles. The lowest BCUT2D eigenvalue weighted by molar-refractivity contribution is -0.150. The van der Waals surface area contributed by atoms with E-state index in [1.807, 2.05) is 6.92 Å². The summed E-state index contributed by atoms with van der Waals surface area (Å²) < 4.78 is 5.10. The summed E-state index contributed by atoms with van der Waals surface area (Å²) in [7, 11) is 0. The maximum atomic E-state index is 12.3. The molecule has 3 unspecified atom stereocenters. The molecule has 0 bridgehead atoms. The first-order valence-corrected chi connectivity index (χ1v) is 8.78. The van der Waals surface area contributed by atoms with Gasteiger partial charge < -0.3 is 10.1 Å². The van der Waals surface area contributed by atoms with Gasteiger partial charge in [-0.2, -0.15) is 0 Å². The summed E-state index contributed by atoms with van der Waals surface area (Å²) >= 11 is 0. The van der Waals surface area contributed by atoms with Crippen LogP contribution in [0.3, 0.4) is 0 Å². The van der Waals surface area contributed by atoms with Gasteiger partial charge in [0.15, 0.2) is 0 Å². The average Bonchev–Trinajstić information content (AvgIpc) is 2.50. The standard InChI is InChI=1S/C17H30N2O3/c1-3-22-17(21)14-8-6-10-19(11-14)12-16(20)18-15-9-5-4-7-13(15)2/h13-15H,3-12H2,1-2H3,(H,18,20). The van der Waals surface area contributed by atoms with Gasteiger partial charge in [0.2, 0.25) is 5.91 Å². The number of esters is 1. The molecular formula is C17H30N2O3. The highest BCUT2D eigenvalue weighted by molar-refractivity contribution is 5.78. The number of piperidine rings is 1. The lowest BCUT2D eigenvalue weighted by atomic mass is 9.86. The van der Waals surface area contributed by atoms with Crippen LogP contribution in [0.2, 0.25) is 0 Å². The van der Waals surface area contributed by atoms with Gasteiger partial charge in [0.05, 0.1) is 19.1 Å². The lowest BCUT2D eigenvalue weighted by Gasteiger charge is -2.33. The summed E-state index contributed by atoms with van der Waals surface area (Å²) in [4.78, 5) is 26.2. The smallest absolute Gasteiger partial charge is 0.310 e. The van der Waals surface area contributed by atoms with Crippen molar-refractivity contribution in [1.29, 1.82) is 0 Å². The zero-order chi connectivity index (χ0) is 15.9. The first-order valence-electron chi connectivity index (χ1n) is 8.78. The van der Waals surface area contributed by atoms with Crippen molar-refractivity contribution in [3.63, 3.8) is 0 Å². The molecule has 0 aromatic carbocycles. The number of carbonyl (C=O) groups is 2. The van der Waals surface area contributed by atoms with Crippen LogP contribution in [0.25, 0.3) is 0 Å². The van der Waals surface area contributed by atoms with E-state index in [2.05, 4.69) is 17.1 Å². The fourth-order valence-corrected chi connectivity index (χ4v) is 3.64. The molecule has 22 heavy (non-hydrogen) atoms. The van der Waals surface area contributed by atoms with Crippen molar-refractivity contribution in [2.75, 3.05) is 26.2 Å². The Morgan fingerprint density at radius 2 is 1.95 bits per heavy atom. The molecule has 1 saturated carbocycles. The Bertz CT molecular complexity index is 386. The summed E-state index contributed by atoms with van der Waals surface area (Å²) in [6.07, 6.45) is 6.62. The molecule has 2 rings (SSSR count). The first kappa shape index (κ1) is 17.3. The normalized spacial score (nSPS) is 29.8. The van der Waals surface area contributed by atoms with Crippen molar-refractivity contribution in [1.82, 2.24) is 10.2 Å². The molecular weight excluding hydrogens is 280 g/mol. The van der Waals surface area contributed by atoms with Gasteiger partial charge in [0.1, 0.15) is 0 Å². The molecule has 126 valence electrons. The number of amides is 1. The van der Waals surface area contributed by atoms with Crippen molar-refractivity contribution >= 4 is 11.9 Å². The van der Waals surface area contributed by atoms with Gasteiger partial charge in [-0.25, -0.2) is 0 Å². The van der Waals surface area contributed by atoms with E-state index in [9.17, 15) is 9.59 Å². The van der Waals surface area contributed by atoms with Crippen LogP contribution in [0.5, 0.6) is 0 Å². The van der Waals surface area contributed by atoms with Crippen molar-refractivity contribution in [2.45, 2.75) is 58.4 Å². The zero-order valence-corrected chi connectivity index (χ0v) is 14.0. The Morgan fingerprint density at radius 3 is 2.68 bits per heavy atom. The van der Waals surface area contributed by atoms with E-state index >= 15 is 0 Å². The molecule has 1 saturated heterocycles. The minimum atomic E-state index is -0.117. The van der Waals surface area contributed by atoms with Crippen LogP contribution >= 0.6 is 0 Å². The number of ether oxygens (including phenoxy) is 1. The van der Waals surface area contributed by atoms with Crippen LogP contribution in [-0.2, 0) is 14.3 Å². The quantitative estimate of drug-likeness (QED) is 0.789. The van der Waals surface area contributed by atoms with Crippen molar-refractivity contribution in [3.8, 4) is 0 Å². The molecule has 1 aliphatic heterocycles. The van der Waals surface area contributed by atoms with Crippen molar-refractivity contribution in [3.05, 3.63) is 0 Å². The second-order valence-electron chi connectivity index (χ2n) is 6.76. The Balaban J connectivity index is 1.77. The van der Waals surface area contributed by atoms with E-state index < -0.39 is 0 Å². The van der Waals surface area contributed by atoms with Crippen molar-refractivity contribution in [2.24, 2.45) is 11.8 Å². The maximum absolute atomic E-state index is 12.3. The van der Waals surface area contributed by atoms with Crippen LogP contribution < -0.4 is 5.32 Å². The fraction of sp³-hybridized carbons (Fsp3) is 0.882. The van der Waals surface area contributed by atoms with Gasteiger partial charge in [0, 0.05) is 12.6 Å². The number of hydrogen-bond donors (Lipinski definition) is 1. The predicted molar refractivity (Wildman–Crippen MR) is 85.4 cm³/mol. The van der Waals surface area contributed by atoms with Gasteiger partial charge in [0.25, 0.3) is 0 Å². The van der Waals surface area contributed by atoms with Gasteiger partial charge in [-0.05, 0) is 45.1 Å². The van der Waals surface area contributed by atoms with E-state index in [1.54, 1.807) is 0 Å². The number of hydrogen-bond acceptors (Lipinski definition) is 4. The Morgan fingerprint density at radius 1 is 1.18 bits per heavy atom. The minimum absolute atomic E-state index is 0.0740. The zero-order valence-electron chi connectivity index (χ0n) is 14.0. The van der Waals surface area contributed by atoms with Crippen LogP contribution in [0, 0.1) is 11.8 Å². The molecule has 0 radical (unpaired) electrons. The van der Waals surface area contributed by atoms with Gasteiger partial charge in [-0.1, -0.05) is 19.8 Å². The maximum Gasteiger partial charge on any atom is 0.310 e. The van der Waals surface area contributed by atoms with Crippen LogP contribution in [-0.4, -0.2) is 49.1 Å². The summed E-state index contributed by atoms with van der Waals surface area (Å²) in [6.45, 7) is 6.42. The largest absolute Gasteiger partial charge is 0.466 e. The van der Waals surface area contributed by atoms with Crippen LogP contribution in [0.4, 0.5) is 0 Å². The molecule has 1 N–H and O–H groups in total. The second-order valence-corrected chi connectivity index (χ2v) is 6.76. The number of nitrogens with zero attached hydrogens (tertiary/aromatic N) is 1. The molecule has 2 fully saturated rings. The minimum Gasteiger partial charge on any atom is -0.466 e. The van der Waals surface area contributed by atoms with E-state index in [0.29, 0.717) is 31.7 Å². The third-order valence-corrected chi connectivity index (χ3v) is 4.95. The van der Waals surface area contributed by atoms with Gasteiger partial charge in [-0.3, -0.25) is 14.5 Å². The van der Waals surface area contributed by atoms with Crippen LogP contribution in [0.1, 0.15) is 52.4 Å². The third kappa shape index (κ3) is 4.97. The molecule has 2 aliphatic rings. The van der Waals surface area contributed by atoms with Crippen molar-refractivity contribution < 1.29 is 14.3 Å². The van der Waals surface area contributed by atoms with E-state index in [4.69, 9.17) is 4.74 Å². The van der Waals surface area contributed by atoms with E-state index in [1.165, 1.54) is 19.3 Å². The molecule has 1 amide bonds. The number of nitrogens with one attached hydrogen (secondary N) is 1. The van der Waals surface area contributed by atoms with E-state index in [0.717, 1.165) is 25.8 Å². The SMILES string of the molecule is CCOC(=O)C1CCCN(CC(=O)NC2CCCCC2C)C1. The average molecular weight is 310 g/mol. The Hall–Kier alpha value is -1.10. The molecule has 5 nitrogen and oxygen atoms in total. The monoisotopic (exact) mass is 310 g/mol. The summed E-state index contributed by atoms with van der Waals surface area (Å²) in [5.41, 5.74) is 0.